The topological polar surface area (TPSA) is 59.1 Å². The van der Waals surface area contributed by atoms with Crippen molar-refractivity contribution in [1.29, 1.82) is 0 Å². The fraction of sp³-hybridized carbons (Fsp3) is 0.451. The molecule has 1 unspecified atom stereocenters. The molecule has 0 aromatic heterocycles. The molecule has 7 aromatic rings. The predicted octanol–water partition coefficient (Wildman–Crippen LogP) is 25.0. The van der Waals surface area contributed by atoms with Crippen molar-refractivity contribution in [2.45, 2.75) is 210 Å². The van der Waals surface area contributed by atoms with Gasteiger partial charge in [0, 0.05) is 37.9 Å². The first-order chi connectivity index (χ1) is 47.5. The number of nitrogens with one attached hydrogen (secondary N) is 1. The molecule has 0 bridgehead atoms. The van der Waals surface area contributed by atoms with Crippen molar-refractivity contribution in [2.75, 3.05) is 54.4 Å². The maximum Gasteiger partial charge on any atom is 4.00 e. The number of amidine groups is 1. The summed E-state index contributed by atoms with van der Waals surface area (Å²) in [4.78, 5) is 9.70. The van der Waals surface area contributed by atoms with E-state index in [9.17, 15) is 0 Å². The van der Waals surface area contributed by atoms with E-state index in [0.29, 0.717) is 0 Å². The van der Waals surface area contributed by atoms with Gasteiger partial charge in [0.05, 0.1) is 6.54 Å². The molecule has 0 aliphatic heterocycles. The van der Waals surface area contributed by atoms with Gasteiger partial charge in [-0.2, -0.15) is 172 Å². The van der Waals surface area contributed by atoms with Gasteiger partial charge >= 0.3 is 25.8 Å². The second-order valence-electron chi connectivity index (χ2n) is 29.2. The normalized spacial score (nSPS) is 15.2. The van der Waals surface area contributed by atoms with E-state index in [1.54, 1.807) is 0 Å². The molecule has 0 radical (unpaired) electrons. The minimum Gasteiger partial charge on any atom is -0.673 e. The molecule has 0 amide bonds. The van der Waals surface area contributed by atoms with E-state index in [-0.39, 0.29) is 84.5 Å². The number of hydrogen-bond acceptors (Lipinski definition) is 3. The molecule has 0 saturated heterocycles. The monoisotopic (exact) mass is 1730 g/mol. The molecule has 6 nitrogen and oxygen atoms in total. The number of hydrogen-bond donors (Lipinski definition) is 1. The molecule has 0 spiro atoms. The van der Waals surface area contributed by atoms with Crippen molar-refractivity contribution >= 4 is 21.4 Å². The number of benzene rings is 7. The van der Waals surface area contributed by atoms with Crippen LogP contribution in [0.4, 0.5) is 0 Å². The molecule has 4 aliphatic rings. The first kappa shape index (κ1) is 94.6. The predicted molar refractivity (Wildman–Crippen MR) is 445 cm³/mol. The Kier molecular flexibility index (Phi) is 54.1. The maximum atomic E-state index is 5.30. The molecule has 7 aromatic carbocycles. The summed E-state index contributed by atoms with van der Waals surface area (Å²) < 4.78 is 0. The third kappa shape index (κ3) is 49.8. The molecule has 4 aliphatic carbocycles. The molecule has 4 fully saturated rings. The van der Waals surface area contributed by atoms with E-state index in [1.807, 2.05) is 212 Å². The molecule has 1 N–H and O–H groups in total. The fourth-order valence-electron chi connectivity index (χ4n) is 11.9. The fourth-order valence-corrected chi connectivity index (χ4v) is 19.9. The quantitative estimate of drug-likeness (QED) is 0.0388. The molecule has 550 valence electrons. The van der Waals surface area contributed by atoms with Crippen LogP contribution in [0, 0.1) is 48.5 Å². The van der Waals surface area contributed by atoms with Crippen LogP contribution in [0.25, 0.3) is 10.6 Å². The van der Waals surface area contributed by atoms with Crippen molar-refractivity contribution in [1.82, 2.24) is 15.1 Å². The Labute approximate surface area is 662 Å². The van der Waals surface area contributed by atoms with Gasteiger partial charge < -0.3 is 25.8 Å². The number of aliphatic imine (C=N–C) groups is 1. The second kappa shape index (κ2) is 57.8. The molecular weight excluding hydrogens is 1600 g/mol. The summed E-state index contributed by atoms with van der Waals surface area (Å²) in [6.45, 7) is 43.7. The van der Waals surface area contributed by atoms with Crippen molar-refractivity contribution in [2.24, 2.45) is 4.99 Å². The van der Waals surface area contributed by atoms with Gasteiger partial charge in [-0.1, -0.05) is 140 Å². The average molecular weight is 1730 g/mol. The minimum atomic E-state index is -0.135. The third-order valence-corrected chi connectivity index (χ3v) is 23.9. The molecule has 10 heteroatoms. The van der Waals surface area contributed by atoms with Gasteiger partial charge in [-0.3, -0.25) is 4.99 Å². The van der Waals surface area contributed by atoms with Crippen LogP contribution in [0.1, 0.15) is 209 Å². The molecular formula is C91H133Hf2N6P2-5. The van der Waals surface area contributed by atoms with Gasteiger partial charge in [-0.15, -0.1) is 105 Å². The zero-order valence-corrected chi connectivity index (χ0v) is 73.6. The summed E-state index contributed by atoms with van der Waals surface area (Å²) in [5, 5.41) is 14.4. The van der Waals surface area contributed by atoms with Crippen molar-refractivity contribution in [3.63, 3.8) is 0 Å². The van der Waals surface area contributed by atoms with Crippen LogP contribution in [0.15, 0.2) is 217 Å². The van der Waals surface area contributed by atoms with E-state index in [4.69, 9.17) is 15.6 Å². The Hall–Kier alpha value is -4.46. The van der Waals surface area contributed by atoms with E-state index < -0.39 is 0 Å². The van der Waals surface area contributed by atoms with Crippen molar-refractivity contribution < 1.29 is 51.7 Å². The zero-order valence-electron chi connectivity index (χ0n) is 64.6. The Bertz CT molecular complexity index is 2560. The van der Waals surface area contributed by atoms with Gasteiger partial charge in [0.1, 0.15) is 5.58 Å². The molecule has 4 saturated carbocycles. The molecule has 1 atom stereocenters. The van der Waals surface area contributed by atoms with Gasteiger partial charge in [0.2, 0.25) is 0 Å². The Morgan fingerprint density at radius 3 is 0.832 bits per heavy atom. The van der Waals surface area contributed by atoms with Gasteiger partial charge in [-0.25, -0.2) is 5.91 Å². The largest absolute Gasteiger partial charge is 4.00 e. The SMILES string of the molecule is CN(C)CCN=C(NC(C)(C)C)P(C1CCCCC1)C1CCCCC1.CN(C)CC[N-]C([N-]C(C)(C)C)P(C1CCCCC1)C1CCCCC1.[CH2-]c1ccccc1.[CH2-]c1ccccc1.[CH2-]c1ccccc1.[CH2-]c1ccccc1.[CH2-]c1ccccc1.[CH2-]c1ccccc1.[CH2-]c1ccccc1.[Hf+4].[Hf]. The number of rotatable bonds is 14. The maximum absolute atomic E-state index is 5.30. The summed E-state index contributed by atoms with van der Waals surface area (Å²) >= 11 is 0. The van der Waals surface area contributed by atoms with Crippen LogP contribution in [0.2, 0.25) is 0 Å². The minimum absolute atomic E-state index is 0. The summed E-state index contributed by atoms with van der Waals surface area (Å²) in [5.41, 5.74) is 12.7. The van der Waals surface area contributed by atoms with E-state index >= 15 is 0 Å². The van der Waals surface area contributed by atoms with E-state index in [2.05, 4.69) is 133 Å². The first-order valence-electron chi connectivity index (χ1n) is 37.1. The summed E-state index contributed by atoms with van der Waals surface area (Å²) in [7, 11) is 8.36. The smallest absolute Gasteiger partial charge is 0.673 e. The van der Waals surface area contributed by atoms with E-state index in [0.717, 1.165) is 87.8 Å². The first-order valence-corrected chi connectivity index (χ1v) is 40.2. The van der Waals surface area contributed by atoms with E-state index in [1.165, 1.54) is 134 Å². The van der Waals surface area contributed by atoms with Gasteiger partial charge in [0.15, 0.2) is 0 Å². The van der Waals surface area contributed by atoms with Gasteiger partial charge in [-0.05, 0) is 137 Å². The zero-order chi connectivity index (χ0) is 72.4. The van der Waals surface area contributed by atoms with Crippen LogP contribution < -0.4 is 5.32 Å². The second-order valence-corrected chi connectivity index (χ2v) is 34.7. The van der Waals surface area contributed by atoms with Crippen LogP contribution >= 0.6 is 15.8 Å². The number of likely N-dealkylation sites (N-methyl/N-ethyl adjacent to an activating group) is 2. The Balaban J connectivity index is 0.000000609. The van der Waals surface area contributed by atoms with Crippen molar-refractivity contribution in [3.05, 3.63) is 310 Å². The van der Waals surface area contributed by atoms with Crippen LogP contribution in [-0.2, 0) is 51.7 Å². The molecule has 0 heterocycles. The molecule has 11 rings (SSSR count). The van der Waals surface area contributed by atoms with Crippen LogP contribution in [-0.4, -0.2) is 109 Å². The third-order valence-electron chi connectivity index (χ3n) is 17.0. The standard InChI is InChI=1S/2C21H42N3P.7C7H7.2Hf/c2*1-21(2,3)23-20(22-16-17-24(4)5)25(18-12-8-6-9-13-18)19-14-10-7-11-15-19;7*1-7-5-3-2-4-6-7;;/h18-19H,6-17H2,1-5H3,(H,22,23);18-20H,6-17H2,1-5H3;7*2-6H,1H2;;/q;-2;7*-1;;+4. The summed E-state index contributed by atoms with van der Waals surface area (Å²) in [6, 6.07) is 69.1. The Morgan fingerprint density at radius 1 is 0.396 bits per heavy atom. The molecule has 101 heavy (non-hydrogen) atoms. The average Bonchev–Trinajstić information content (AvgIpc) is 0.826. The summed E-state index contributed by atoms with van der Waals surface area (Å²) in [5.74, 6) is 0.279. The van der Waals surface area contributed by atoms with Crippen molar-refractivity contribution in [3.8, 4) is 0 Å². The van der Waals surface area contributed by atoms with Crippen LogP contribution in [0.3, 0.4) is 0 Å². The summed E-state index contributed by atoms with van der Waals surface area (Å²) in [6.07, 6.45) is 28.9. The van der Waals surface area contributed by atoms with Gasteiger partial charge in [0.25, 0.3) is 0 Å². The van der Waals surface area contributed by atoms with Crippen LogP contribution in [0.5, 0.6) is 0 Å². The number of nitrogens with zero attached hydrogens (tertiary/aromatic N) is 5. The Morgan fingerprint density at radius 2 is 0.634 bits per heavy atom.